The maximum atomic E-state index is 13.1. The summed E-state index contributed by atoms with van der Waals surface area (Å²) in [5.41, 5.74) is 2.13. The Balaban J connectivity index is 1.84. The van der Waals surface area contributed by atoms with Crippen LogP contribution in [0.3, 0.4) is 0 Å². The van der Waals surface area contributed by atoms with Gasteiger partial charge in [0.15, 0.2) is 11.0 Å². The van der Waals surface area contributed by atoms with Gasteiger partial charge in [0.25, 0.3) is 11.8 Å². The maximum Gasteiger partial charge on any atom is 0.259 e. The molecule has 2 amide bonds. The van der Waals surface area contributed by atoms with E-state index in [2.05, 4.69) is 10.6 Å². The molecule has 2 N–H and O–H groups in total. The summed E-state index contributed by atoms with van der Waals surface area (Å²) in [5, 5.41) is 5.64. The molecule has 0 aliphatic heterocycles. The first kappa shape index (κ1) is 20.1. The Morgan fingerprint density at radius 3 is 2.23 bits per heavy atom. The second kappa shape index (κ2) is 8.28. The normalized spacial score (nSPS) is 10.6. The number of nitrogens with one attached hydrogen (secondary N) is 2. The summed E-state index contributed by atoms with van der Waals surface area (Å²) in [6, 6.07) is 20.8. The second-order valence-electron chi connectivity index (χ2n) is 7.01. The first-order chi connectivity index (χ1) is 15.0. The highest BCUT2D eigenvalue weighted by atomic mass is 16.3. The Bertz CT molecular complexity index is 1360. The van der Waals surface area contributed by atoms with Gasteiger partial charge in [-0.3, -0.25) is 14.4 Å². The number of hydrogen-bond donors (Lipinski definition) is 2. The van der Waals surface area contributed by atoms with E-state index in [-0.39, 0.29) is 22.5 Å². The molecule has 6 nitrogen and oxygen atoms in total. The summed E-state index contributed by atoms with van der Waals surface area (Å²) in [5.74, 6) is -0.376. The zero-order valence-corrected chi connectivity index (χ0v) is 17.1. The van der Waals surface area contributed by atoms with Gasteiger partial charge in [0, 0.05) is 18.2 Å². The summed E-state index contributed by atoms with van der Waals surface area (Å²) in [4.78, 5) is 38.2. The van der Waals surface area contributed by atoms with Gasteiger partial charge in [0.2, 0.25) is 0 Å². The molecule has 0 fully saturated rings. The smallest absolute Gasteiger partial charge is 0.259 e. The Kier molecular flexibility index (Phi) is 5.37. The number of hydrogen-bond acceptors (Lipinski definition) is 4. The third-order valence-corrected chi connectivity index (χ3v) is 5.07. The molecule has 4 aromatic rings. The lowest BCUT2D eigenvalue weighted by molar-refractivity contribution is 0.0964. The molecule has 31 heavy (non-hydrogen) atoms. The first-order valence-corrected chi connectivity index (χ1v) is 9.75. The first-order valence-electron chi connectivity index (χ1n) is 9.75. The molecule has 154 valence electrons. The van der Waals surface area contributed by atoms with Crippen LogP contribution in [-0.2, 0) is 0 Å². The average Bonchev–Trinajstić information content (AvgIpc) is 2.81. The van der Waals surface area contributed by atoms with Crippen molar-refractivity contribution in [2.45, 2.75) is 6.92 Å². The van der Waals surface area contributed by atoms with Gasteiger partial charge in [-0.1, -0.05) is 48.5 Å². The van der Waals surface area contributed by atoms with Crippen molar-refractivity contribution in [1.29, 1.82) is 0 Å². The SMILES string of the molecule is CNC(=O)c1ccccc1NC(=O)c1cccc2c(=O)c(C)c(-c3ccccc3)oc12. The van der Waals surface area contributed by atoms with E-state index in [1.165, 1.54) is 7.05 Å². The predicted molar refractivity (Wildman–Crippen MR) is 120 cm³/mol. The summed E-state index contributed by atoms with van der Waals surface area (Å²) in [6.45, 7) is 1.71. The van der Waals surface area contributed by atoms with E-state index in [0.717, 1.165) is 5.56 Å². The number of anilines is 1. The van der Waals surface area contributed by atoms with Crippen molar-refractivity contribution in [1.82, 2.24) is 5.32 Å². The van der Waals surface area contributed by atoms with Crippen LogP contribution in [-0.4, -0.2) is 18.9 Å². The van der Waals surface area contributed by atoms with Crippen LogP contribution in [0.15, 0.2) is 82.0 Å². The van der Waals surface area contributed by atoms with Crippen LogP contribution in [0.25, 0.3) is 22.3 Å². The molecular formula is C25H20N2O4. The minimum Gasteiger partial charge on any atom is -0.455 e. The highest BCUT2D eigenvalue weighted by Gasteiger charge is 2.20. The van der Waals surface area contributed by atoms with Crippen molar-refractivity contribution in [3.63, 3.8) is 0 Å². The number of carbonyl (C=O) groups is 2. The number of amides is 2. The van der Waals surface area contributed by atoms with Gasteiger partial charge in [-0.25, -0.2) is 0 Å². The molecule has 1 aromatic heterocycles. The lowest BCUT2D eigenvalue weighted by Crippen LogP contribution is -2.21. The van der Waals surface area contributed by atoms with Gasteiger partial charge in [-0.2, -0.15) is 0 Å². The van der Waals surface area contributed by atoms with Crippen molar-refractivity contribution in [3.05, 3.63) is 99.7 Å². The van der Waals surface area contributed by atoms with Gasteiger partial charge < -0.3 is 15.1 Å². The lowest BCUT2D eigenvalue weighted by atomic mass is 10.0. The Morgan fingerprint density at radius 2 is 1.48 bits per heavy atom. The quantitative estimate of drug-likeness (QED) is 0.521. The van der Waals surface area contributed by atoms with Crippen LogP contribution in [0.5, 0.6) is 0 Å². The maximum absolute atomic E-state index is 13.1. The topological polar surface area (TPSA) is 88.4 Å². The van der Waals surface area contributed by atoms with Crippen LogP contribution >= 0.6 is 0 Å². The van der Waals surface area contributed by atoms with E-state index in [0.29, 0.717) is 28.0 Å². The molecule has 0 aliphatic rings. The van der Waals surface area contributed by atoms with Crippen LogP contribution in [0.1, 0.15) is 26.3 Å². The Labute approximate surface area is 178 Å². The van der Waals surface area contributed by atoms with Gasteiger partial charge in [0.1, 0.15) is 5.76 Å². The Morgan fingerprint density at radius 1 is 0.806 bits per heavy atom. The molecule has 0 spiro atoms. The molecule has 0 bridgehead atoms. The average molecular weight is 412 g/mol. The van der Waals surface area contributed by atoms with Crippen molar-refractivity contribution < 1.29 is 14.0 Å². The fourth-order valence-electron chi connectivity index (χ4n) is 3.47. The molecule has 0 unspecified atom stereocenters. The summed E-state index contributed by atoms with van der Waals surface area (Å²) >= 11 is 0. The van der Waals surface area contributed by atoms with Crippen molar-refractivity contribution in [2.24, 2.45) is 0 Å². The fourth-order valence-corrected chi connectivity index (χ4v) is 3.47. The molecule has 0 aliphatic carbocycles. The molecule has 6 heteroatoms. The zero-order valence-electron chi connectivity index (χ0n) is 17.1. The predicted octanol–water partition coefficient (Wildman–Crippen LogP) is 4.38. The lowest BCUT2D eigenvalue weighted by Gasteiger charge is -2.12. The van der Waals surface area contributed by atoms with Crippen molar-refractivity contribution in [2.75, 3.05) is 12.4 Å². The molecule has 1 heterocycles. The fraction of sp³-hybridized carbons (Fsp3) is 0.0800. The summed E-state index contributed by atoms with van der Waals surface area (Å²) < 4.78 is 6.11. The molecule has 0 atom stereocenters. The minimum atomic E-state index is -0.479. The third-order valence-electron chi connectivity index (χ3n) is 5.07. The van der Waals surface area contributed by atoms with Crippen LogP contribution in [0, 0.1) is 6.92 Å². The minimum absolute atomic E-state index is 0.194. The van der Waals surface area contributed by atoms with E-state index in [1.807, 2.05) is 30.3 Å². The largest absolute Gasteiger partial charge is 0.455 e. The zero-order chi connectivity index (χ0) is 22.0. The standard InChI is InChI=1S/C25H20N2O4/c1-15-21(28)18-12-8-13-19(23(18)31-22(15)16-9-4-3-5-10-16)25(30)27-20-14-7-6-11-17(20)24(29)26-2/h3-14H,1-2H3,(H,26,29)(H,27,30). The van der Waals surface area contributed by atoms with Crippen LogP contribution in [0.4, 0.5) is 5.69 Å². The molecule has 4 rings (SSSR count). The second-order valence-corrected chi connectivity index (χ2v) is 7.01. The third kappa shape index (κ3) is 3.71. The number of para-hydroxylation sites is 2. The molecule has 3 aromatic carbocycles. The monoisotopic (exact) mass is 412 g/mol. The van der Waals surface area contributed by atoms with Crippen molar-refractivity contribution >= 4 is 28.5 Å². The van der Waals surface area contributed by atoms with Gasteiger partial charge in [-0.05, 0) is 31.2 Å². The van der Waals surface area contributed by atoms with E-state index in [9.17, 15) is 14.4 Å². The van der Waals surface area contributed by atoms with Gasteiger partial charge >= 0.3 is 0 Å². The van der Waals surface area contributed by atoms with E-state index >= 15 is 0 Å². The van der Waals surface area contributed by atoms with Crippen LogP contribution in [0.2, 0.25) is 0 Å². The number of rotatable bonds is 4. The van der Waals surface area contributed by atoms with E-state index < -0.39 is 5.91 Å². The molecule has 0 radical (unpaired) electrons. The van der Waals surface area contributed by atoms with E-state index in [4.69, 9.17) is 4.42 Å². The summed E-state index contributed by atoms with van der Waals surface area (Å²) in [6.07, 6.45) is 0. The number of benzene rings is 3. The van der Waals surface area contributed by atoms with Crippen LogP contribution < -0.4 is 16.1 Å². The van der Waals surface area contributed by atoms with Crippen molar-refractivity contribution in [3.8, 4) is 11.3 Å². The number of fused-ring (bicyclic) bond motifs is 1. The Hall–Kier alpha value is -4.19. The van der Waals surface area contributed by atoms with Gasteiger partial charge in [-0.15, -0.1) is 0 Å². The molecule has 0 saturated carbocycles. The highest BCUT2D eigenvalue weighted by Crippen LogP contribution is 2.28. The molecular weight excluding hydrogens is 392 g/mol. The van der Waals surface area contributed by atoms with E-state index in [1.54, 1.807) is 49.4 Å². The summed E-state index contributed by atoms with van der Waals surface area (Å²) in [7, 11) is 1.52. The number of carbonyl (C=O) groups excluding carboxylic acids is 2. The highest BCUT2D eigenvalue weighted by molar-refractivity contribution is 6.13. The van der Waals surface area contributed by atoms with Gasteiger partial charge in [0.05, 0.1) is 22.2 Å². The molecule has 0 saturated heterocycles.